The number of rotatable bonds is 0. The van der Waals surface area contributed by atoms with E-state index in [1.54, 1.807) is 0 Å². The standard InChI is InChI=1S/C26H13N3O2/c1-2-6-21-14(4-1)16-10-17-18-11-19-20(12-22(18)31-24(17)13-23(16)30-21)29-9-8-28-26(29)15-5-3-7-27-25(15)19/h1-13H. The molecule has 0 spiro atoms. The maximum atomic E-state index is 6.29. The van der Waals surface area contributed by atoms with Gasteiger partial charge in [0.2, 0.25) is 0 Å². The number of pyridine rings is 2. The van der Waals surface area contributed by atoms with E-state index in [1.165, 1.54) is 0 Å². The highest BCUT2D eigenvalue weighted by Crippen LogP contribution is 2.39. The molecule has 144 valence electrons. The minimum Gasteiger partial charge on any atom is -0.456 e. The zero-order valence-corrected chi connectivity index (χ0v) is 16.2. The predicted molar refractivity (Wildman–Crippen MR) is 123 cm³/mol. The van der Waals surface area contributed by atoms with Crippen LogP contribution in [0.2, 0.25) is 0 Å². The van der Waals surface area contributed by atoms with Crippen molar-refractivity contribution in [2.45, 2.75) is 0 Å². The second-order valence-corrected chi connectivity index (χ2v) is 7.93. The summed E-state index contributed by atoms with van der Waals surface area (Å²) in [5.41, 5.74) is 6.25. The lowest BCUT2D eigenvalue weighted by Crippen LogP contribution is -1.91. The Morgan fingerprint density at radius 2 is 1.32 bits per heavy atom. The number of aromatic nitrogens is 3. The molecule has 0 aliphatic rings. The Bertz CT molecular complexity index is 2010. The quantitative estimate of drug-likeness (QED) is 0.262. The average molecular weight is 399 g/mol. The van der Waals surface area contributed by atoms with Crippen molar-refractivity contribution in [3.05, 3.63) is 79.3 Å². The number of imidazole rings is 1. The molecule has 0 amide bonds. The molecule has 0 N–H and O–H groups in total. The number of hydrogen-bond acceptors (Lipinski definition) is 4. The first-order valence-corrected chi connectivity index (χ1v) is 10.2. The van der Waals surface area contributed by atoms with E-state index in [0.29, 0.717) is 0 Å². The third-order valence-corrected chi connectivity index (χ3v) is 6.29. The summed E-state index contributed by atoms with van der Waals surface area (Å²) >= 11 is 0. The van der Waals surface area contributed by atoms with E-state index in [0.717, 1.165) is 71.3 Å². The fraction of sp³-hybridized carbons (Fsp3) is 0. The summed E-state index contributed by atoms with van der Waals surface area (Å²) in [5, 5.41) is 6.47. The number of furan rings is 2. The molecule has 5 aromatic heterocycles. The van der Waals surface area contributed by atoms with Gasteiger partial charge < -0.3 is 8.83 Å². The van der Waals surface area contributed by atoms with Crippen LogP contribution >= 0.6 is 0 Å². The topological polar surface area (TPSA) is 56.5 Å². The van der Waals surface area contributed by atoms with E-state index in [2.05, 4.69) is 39.7 Å². The van der Waals surface area contributed by atoms with Gasteiger partial charge in [0.1, 0.15) is 28.0 Å². The van der Waals surface area contributed by atoms with E-state index in [-0.39, 0.29) is 0 Å². The van der Waals surface area contributed by atoms with Crippen molar-refractivity contribution in [1.82, 2.24) is 14.4 Å². The average Bonchev–Trinajstić information content (AvgIpc) is 3.51. The third-order valence-electron chi connectivity index (χ3n) is 6.29. The smallest absolute Gasteiger partial charge is 0.146 e. The van der Waals surface area contributed by atoms with E-state index in [9.17, 15) is 0 Å². The Morgan fingerprint density at radius 1 is 0.581 bits per heavy atom. The van der Waals surface area contributed by atoms with E-state index in [4.69, 9.17) is 13.8 Å². The lowest BCUT2D eigenvalue weighted by molar-refractivity contribution is 0.656. The maximum Gasteiger partial charge on any atom is 0.146 e. The Kier molecular flexibility index (Phi) is 2.60. The number of hydrogen-bond donors (Lipinski definition) is 0. The van der Waals surface area contributed by atoms with Gasteiger partial charge in [0.05, 0.1) is 11.0 Å². The number of benzene rings is 3. The minimum atomic E-state index is 0.816. The van der Waals surface area contributed by atoms with E-state index in [1.807, 2.05) is 48.9 Å². The van der Waals surface area contributed by atoms with Gasteiger partial charge >= 0.3 is 0 Å². The highest BCUT2D eigenvalue weighted by Gasteiger charge is 2.16. The molecule has 31 heavy (non-hydrogen) atoms. The Hall–Kier alpha value is -4.38. The second-order valence-electron chi connectivity index (χ2n) is 7.93. The zero-order chi connectivity index (χ0) is 20.1. The molecule has 0 aliphatic heterocycles. The van der Waals surface area contributed by atoms with Crippen molar-refractivity contribution in [1.29, 1.82) is 0 Å². The molecule has 5 heteroatoms. The van der Waals surface area contributed by atoms with Crippen LogP contribution in [0.25, 0.3) is 71.3 Å². The molecule has 3 aromatic carbocycles. The van der Waals surface area contributed by atoms with Gasteiger partial charge in [-0.1, -0.05) is 18.2 Å². The van der Waals surface area contributed by atoms with Crippen LogP contribution in [-0.2, 0) is 0 Å². The molecule has 0 saturated carbocycles. The summed E-state index contributed by atoms with van der Waals surface area (Å²) in [6.07, 6.45) is 5.64. The lowest BCUT2D eigenvalue weighted by atomic mass is 10.0. The Balaban J connectivity index is 1.59. The van der Waals surface area contributed by atoms with E-state index < -0.39 is 0 Å². The van der Waals surface area contributed by atoms with Crippen LogP contribution < -0.4 is 0 Å². The highest BCUT2D eigenvalue weighted by atomic mass is 16.3. The number of fused-ring (bicyclic) bond motifs is 12. The summed E-state index contributed by atoms with van der Waals surface area (Å²) in [5.74, 6) is 0. The SMILES string of the molecule is c1ccc2c(c1)oc1cc3oc4cc5c(cc4c3cc12)c1ncccc1c1nccn51. The van der Waals surface area contributed by atoms with Gasteiger partial charge in [-0.05, 0) is 30.3 Å². The van der Waals surface area contributed by atoms with Crippen LogP contribution in [0.15, 0.2) is 88.1 Å². The molecule has 5 heterocycles. The van der Waals surface area contributed by atoms with Gasteiger partial charge in [-0.2, -0.15) is 0 Å². The molecule has 0 fully saturated rings. The third kappa shape index (κ3) is 1.86. The fourth-order valence-electron chi connectivity index (χ4n) is 4.92. The number of para-hydroxylation sites is 1. The van der Waals surface area contributed by atoms with Crippen molar-refractivity contribution in [2.75, 3.05) is 0 Å². The Morgan fingerprint density at radius 3 is 2.26 bits per heavy atom. The van der Waals surface area contributed by atoms with Crippen molar-refractivity contribution < 1.29 is 8.83 Å². The van der Waals surface area contributed by atoms with Crippen molar-refractivity contribution >= 4 is 71.3 Å². The van der Waals surface area contributed by atoms with Crippen LogP contribution in [-0.4, -0.2) is 14.4 Å². The van der Waals surface area contributed by atoms with Gasteiger partial charge in [-0.25, -0.2) is 4.98 Å². The largest absolute Gasteiger partial charge is 0.456 e. The van der Waals surface area contributed by atoms with Crippen LogP contribution in [0.5, 0.6) is 0 Å². The summed E-state index contributed by atoms with van der Waals surface area (Å²) in [7, 11) is 0. The van der Waals surface area contributed by atoms with E-state index >= 15 is 0 Å². The maximum absolute atomic E-state index is 6.29. The van der Waals surface area contributed by atoms with Crippen LogP contribution in [0, 0.1) is 0 Å². The summed E-state index contributed by atoms with van der Waals surface area (Å²) < 4.78 is 14.4. The number of nitrogens with zero attached hydrogens (tertiary/aromatic N) is 3. The molecular weight excluding hydrogens is 386 g/mol. The van der Waals surface area contributed by atoms with Crippen LogP contribution in [0.1, 0.15) is 0 Å². The molecule has 0 aliphatic carbocycles. The van der Waals surface area contributed by atoms with Crippen molar-refractivity contribution in [3.63, 3.8) is 0 Å². The Labute approximate surface area is 174 Å². The summed E-state index contributed by atoms with van der Waals surface area (Å²) in [6, 6.07) is 20.6. The van der Waals surface area contributed by atoms with Crippen molar-refractivity contribution in [2.24, 2.45) is 0 Å². The van der Waals surface area contributed by atoms with Gasteiger partial charge in [-0.3, -0.25) is 9.38 Å². The zero-order valence-electron chi connectivity index (χ0n) is 16.2. The molecule has 0 atom stereocenters. The molecule has 8 aromatic rings. The fourth-order valence-corrected chi connectivity index (χ4v) is 4.92. The molecule has 0 radical (unpaired) electrons. The molecule has 5 nitrogen and oxygen atoms in total. The van der Waals surface area contributed by atoms with Gasteiger partial charge in [0.15, 0.2) is 0 Å². The van der Waals surface area contributed by atoms with Gasteiger partial charge in [-0.15, -0.1) is 0 Å². The lowest BCUT2D eigenvalue weighted by Gasteiger charge is -2.07. The molecule has 0 saturated heterocycles. The molecular formula is C26H13N3O2. The highest BCUT2D eigenvalue weighted by molar-refractivity contribution is 6.19. The normalized spacial score (nSPS) is 12.5. The summed E-state index contributed by atoms with van der Waals surface area (Å²) in [4.78, 5) is 9.25. The van der Waals surface area contributed by atoms with Crippen LogP contribution in [0.4, 0.5) is 0 Å². The van der Waals surface area contributed by atoms with Gasteiger partial charge in [0.25, 0.3) is 0 Å². The molecule has 0 unspecified atom stereocenters. The predicted octanol–water partition coefficient (Wildman–Crippen LogP) is 6.83. The monoisotopic (exact) mass is 399 g/mol. The first-order valence-electron chi connectivity index (χ1n) is 10.2. The van der Waals surface area contributed by atoms with Gasteiger partial charge in [0, 0.05) is 63.0 Å². The van der Waals surface area contributed by atoms with Crippen molar-refractivity contribution in [3.8, 4) is 0 Å². The summed E-state index contributed by atoms with van der Waals surface area (Å²) in [6.45, 7) is 0. The molecule has 0 bridgehead atoms. The first kappa shape index (κ1) is 15.5. The second kappa shape index (κ2) is 5.21. The first-order chi connectivity index (χ1) is 15.3. The minimum absolute atomic E-state index is 0.816. The molecule has 8 rings (SSSR count). The van der Waals surface area contributed by atoms with Crippen LogP contribution in [0.3, 0.4) is 0 Å².